The van der Waals surface area contributed by atoms with Gasteiger partial charge in [0.2, 0.25) is 10.0 Å². The van der Waals surface area contributed by atoms with Gasteiger partial charge in [-0.15, -0.1) is 0 Å². The van der Waals surface area contributed by atoms with Crippen LogP contribution >= 0.6 is 0 Å². The van der Waals surface area contributed by atoms with E-state index in [1.165, 1.54) is 24.0 Å². The lowest BCUT2D eigenvalue weighted by Crippen LogP contribution is -2.35. The van der Waals surface area contributed by atoms with Gasteiger partial charge in [0.25, 0.3) is 5.91 Å². The number of benzene rings is 2. The molecule has 0 aliphatic carbocycles. The van der Waals surface area contributed by atoms with E-state index in [0.29, 0.717) is 31.0 Å². The topological polar surface area (TPSA) is 88.8 Å². The number of furan rings is 1. The molecule has 0 bridgehead atoms. The summed E-state index contributed by atoms with van der Waals surface area (Å²) in [5.74, 6) is 0.368. The van der Waals surface area contributed by atoms with E-state index in [2.05, 4.69) is 16.9 Å². The highest BCUT2D eigenvalue weighted by molar-refractivity contribution is 7.89. The van der Waals surface area contributed by atoms with Gasteiger partial charge < -0.3 is 14.1 Å². The molecule has 1 aromatic heterocycles. The Balaban J connectivity index is 1.62. The molecule has 0 radical (unpaired) electrons. The van der Waals surface area contributed by atoms with Gasteiger partial charge in [0, 0.05) is 25.8 Å². The van der Waals surface area contributed by atoms with E-state index in [4.69, 9.17) is 9.15 Å². The molecule has 2 aromatic carbocycles. The molecule has 3 aromatic rings. The average Bonchev–Trinajstić information content (AvgIpc) is 3.34. The molecule has 0 saturated heterocycles. The predicted octanol–water partition coefficient (Wildman–Crippen LogP) is 3.48. The molecule has 1 N–H and O–H groups in total. The minimum Gasteiger partial charge on any atom is -0.468 e. The number of nitrogens with zero attached hydrogens (tertiary/aromatic N) is 1. The molecule has 0 aliphatic rings. The van der Waals surface area contributed by atoms with Gasteiger partial charge in [0.1, 0.15) is 5.76 Å². The molecule has 1 amide bonds. The second-order valence-electron chi connectivity index (χ2n) is 7.30. The number of rotatable bonds is 12. The van der Waals surface area contributed by atoms with Crippen molar-refractivity contribution in [2.75, 3.05) is 26.8 Å². The van der Waals surface area contributed by atoms with Gasteiger partial charge in [-0.2, -0.15) is 0 Å². The molecule has 0 spiro atoms. The zero-order valence-corrected chi connectivity index (χ0v) is 18.9. The number of carbonyl (C=O) groups excluding carboxylic acids is 1. The van der Waals surface area contributed by atoms with Gasteiger partial charge >= 0.3 is 0 Å². The maximum Gasteiger partial charge on any atom is 0.253 e. The smallest absolute Gasteiger partial charge is 0.253 e. The highest BCUT2D eigenvalue weighted by atomic mass is 32.2. The lowest BCUT2D eigenvalue weighted by atomic mass is 10.1. The van der Waals surface area contributed by atoms with Crippen LogP contribution in [0.15, 0.2) is 82.3 Å². The first-order chi connectivity index (χ1) is 15.5. The van der Waals surface area contributed by atoms with Crippen molar-refractivity contribution >= 4 is 15.9 Å². The van der Waals surface area contributed by atoms with Crippen LogP contribution in [0.5, 0.6) is 0 Å². The summed E-state index contributed by atoms with van der Waals surface area (Å²) in [6, 6.07) is 19.5. The fourth-order valence-electron chi connectivity index (χ4n) is 3.26. The van der Waals surface area contributed by atoms with Gasteiger partial charge in [-0.3, -0.25) is 4.79 Å². The third kappa shape index (κ3) is 6.78. The molecule has 8 heteroatoms. The summed E-state index contributed by atoms with van der Waals surface area (Å²) < 4.78 is 37.8. The summed E-state index contributed by atoms with van der Waals surface area (Å²) in [7, 11) is -2.11. The summed E-state index contributed by atoms with van der Waals surface area (Å²) in [6.07, 6.45) is 3.18. The number of hydrogen-bond donors (Lipinski definition) is 1. The van der Waals surface area contributed by atoms with Gasteiger partial charge in [-0.1, -0.05) is 30.3 Å². The van der Waals surface area contributed by atoms with Crippen LogP contribution in [0.2, 0.25) is 0 Å². The first-order valence-corrected chi connectivity index (χ1v) is 11.9. The van der Waals surface area contributed by atoms with Crippen molar-refractivity contribution in [3.8, 4) is 0 Å². The maximum absolute atomic E-state index is 13.0. The van der Waals surface area contributed by atoms with Gasteiger partial charge in [0.05, 0.1) is 24.3 Å². The number of amides is 1. The van der Waals surface area contributed by atoms with Crippen molar-refractivity contribution < 1.29 is 22.4 Å². The third-order valence-electron chi connectivity index (χ3n) is 5.02. The summed E-state index contributed by atoms with van der Waals surface area (Å²) in [6.45, 7) is 1.54. The number of hydrogen-bond acceptors (Lipinski definition) is 5. The molecular weight excluding hydrogens is 428 g/mol. The van der Waals surface area contributed by atoms with Crippen LogP contribution in [0.4, 0.5) is 0 Å². The van der Waals surface area contributed by atoms with Crippen molar-refractivity contribution in [2.24, 2.45) is 0 Å². The molecule has 0 fully saturated rings. The van der Waals surface area contributed by atoms with Crippen LogP contribution in [-0.4, -0.2) is 46.0 Å². The van der Waals surface area contributed by atoms with E-state index in [-0.39, 0.29) is 17.3 Å². The Kier molecular flexibility index (Phi) is 8.61. The standard InChI is InChI=1S/C24H28N2O5S/c1-30-18-16-26(15-5-9-20-7-3-2-4-8-20)24(27)21-11-13-23(14-12-21)32(28,29)25-19-22-10-6-17-31-22/h2-4,6-8,10-14,17,25H,5,9,15-16,18-19H2,1H3. The SMILES string of the molecule is COCCN(CCCc1ccccc1)C(=O)c1ccc(S(=O)(=O)NCc2ccco2)cc1. The number of nitrogens with one attached hydrogen (secondary N) is 1. The molecule has 0 unspecified atom stereocenters. The van der Waals surface area contributed by atoms with Gasteiger partial charge in [-0.25, -0.2) is 13.1 Å². The molecule has 7 nitrogen and oxygen atoms in total. The minimum atomic E-state index is -3.71. The fourth-order valence-corrected chi connectivity index (χ4v) is 4.25. The Morgan fingerprint density at radius 1 is 1.00 bits per heavy atom. The van der Waals surface area contributed by atoms with Crippen molar-refractivity contribution in [3.05, 3.63) is 89.9 Å². The van der Waals surface area contributed by atoms with Crippen LogP contribution in [-0.2, 0) is 27.7 Å². The van der Waals surface area contributed by atoms with Crippen LogP contribution < -0.4 is 4.72 Å². The van der Waals surface area contributed by atoms with Gasteiger partial charge in [-0.05, 0) is 54.8 Å². The Bertz CT molecular complexity index is 1070. The lowest BCUT2D eigenvalue weighted by molar-refractivity contribution is 0.0693. The number of carbonyl (C=O) groups is 1. The third-order valence-corrected chi connectivity index (χ3v) is 6.43. The van der Waals surface area contributed by atoms with Crippen molar-refractivity contribution in [1.29, 1.82) is 0 Å². The fraction of sp³-hybridized carbons (Fsp3) is 0.292. The highest BCUT2D eigenvalue weighted by Gasteiger charge is 2.18. The molecule has 170 valence electrons. The molecular formula is C24H28N2O5S. The lowest BCUT2D eigenvalue weighted by Gasteiger charge is -2.22. The molecule has 0 atom stereocenters. The Labute approximate surface area is 189 Å². The van der Waals surface area contributed by atoms with E-state index < -0.39 is 10.0 Å². The van der Waals surface area contributed by atoms with E-state index in [1.54, 1.807) is 36.3 Å². The Morgan fingerprint density at radius 2 is 1.75 bits per heavy atom. The summed E-state index contributed by atoms with van der Waals surface area (Å²) in [4.78, 5) is 14.9. The predicted molar refractivity (Wildman–Crippen MR) is 122 cm³/mol. The molecule has 0 saturated carbocycles. The number of aryl methyl sites for hydroxylation is 1. The van der Waals surface area contributed by atoms with Crippen molar-refractivity contribution in [3.63, 3.8) is 0 Å². The quantitative estimate of drug-likeness (QED) is 0.451. The number of methoxy groups -OCH3 is 1. The second kappa shape index (κ2) is 11.6. The zero-order valence-electron chi connectivity index (χ0n) is 18.1. The van der Waals surface area contributed by atoms with Crippen LogP contribution in [0.3, 0.4) is 0 Å². The van der Waals surface area contributed by atoms with Crippen LogP contribution in [0, 0.1) is 0 Å². The summed E-state index contributed by atoms with van der Waals surface area (Å²) in [5, 5.41) is 0. The van der Waals surface area contributed by atoms with Crippen LogP contribution in [0.25, 0.3) is 0 Å². The molecule has 32 heavy (non-hydrogen) atoms. The number of ether oxygens (including phenoxy) is 1. The normalized spacial score (nSPS) is 11.4. The first kappa shape index (κ1) is 23.7. The van der Waals surface area contributed by atoms with Crippen molar-refractivity contribution in [2.45, 2.75) is 24.3 Å². The number of sulfonamides is 1. The van der Waals surface area contributed by atoms with E-state index in [1.807, 2.05) is 18.2 Å². The van der Waals surface area contributed by atoms with E-state index >= 15 is 0 Å². The van der Waals surface area contributed by atoms with Crippen LogP contribution in [0.1, 0.15) is 28.1 Å². The summed E-state index contributed by atoms with van der Waals surface area (Å²) in [5.41, 5.74) is 1.66. The molecule has 0 aliphatic heterocycles. The zero-order chi connectivity index (χ0) is 22.8. The average molecular weight is 457 g/mol. The Hall–Kier alpha value is -2.94. The highest BCUT2D eigenvalue weighted by Crippen LogP contribution is 2.14. The molecule has 3 rings (SSSR count). The largest absolute Gasteiger partial charge is 0.468 e. The second-order valence-corrected chi connectivity index (χ2v) is 9.07. The maximum atomic E-state index is 13.0. The van der Waals surface area contributed by atoms with E-state index in [0.717, 1.165) is 12.8 Å². The van der Waals surface area contributed by atoms with Crippen molar-refractivity contribution in [1.82, 2.24) is 9.62 Å². The monoisotopic (exact) mass is 456 g/mol. The Morgan fingerprint density at radius 3 is 2.41 bits per heavy atom. The van der Waals surface area contributed by atoms with E-state index in [9.17, 15) is 13.2 Å². The summed E-state index contributed by atoms with van der Waals surface area (Å²) >= 11 is 0. The molecule has 1 heterocycles. The first-order valence-electron chi connectivity index (χ1n) is 10.4. The van der Waals surface area contributed by atoms with Gasteiger partial charge in [0.15, 0.2) is 0 Å². The minimum absolute atomic E-state index is 0.0578.